The molecule has 1 aliphatic rings. The third kappa shape index (κ3) is 5.86. The lowest BCUT2D eigenvalue weighted by molar-refractivity contribution is -0.140. The van der Waals surface area contributed by atoms with E-state index in [0.717, 1.165) is 5.01 Å². The molecule has 1 heterocycles. The van der Waals surface area contributed by atoms with Crippen LogP contribution in [0.2, 0.25) is 0 Å². The molecule has 1 N–H and O–H groups in total. The molecule has 11 heteroatoms. The lowest BCUT2D eigenvalue weighted by Gasteiger charge is -2.22. The number of carbonyl (C=O) groups is 3. The second-order valence-corrected chi connectivity index (χ2v) is 9.27. The van der Waals surface area contributed by atoms with Crippen LogP contribution in [0.1, 0.15) is 26.7 Å². The Morgan fingerprint density at radius 2 is 1.76 bits per heavy atom. The monoisotopic (exact) mass is 486 g/mol. The Morgan fingerprint density at radius 3 is 2.44 bits per heavy atom. The number of sulfonamides is 1. The van der Waals surface area contributed by atoms with Crippen molar-refractivity contribution in [2.24, 2.45) is 5.10 Å². The van der Waals surface area contributed by atoms with E-state index in [1.165, 1.54) is 28.6 Å². The van der Waals surface area contributed by atoms with E-state index in [0.29, 0.717) is 18.8 Å². The van der Waals surface area contributed by atoms with Crippen LogP contribution in [0.4, 0.5) is 11.4 Å². The van der Waals surface area contributed by atoms with Crippen LogP contribution in [0, 0.1) is 0 Å². The van der Waals surface area contributed by atoms with Crippen molar-refractivity contribution in [2.45, 2.75) is 31.6 Å². The van der Waals surface area contributed by atoms with Gasteiger partial charge < -0.3 is 10.1 Å². The Labute approximate surface area is 198 Å². The van der Waals surface area contributed by atoms with E-state index in [1.54, 1.807) is 44.2 Å². The Bertz CT molecular complexity index is 1190. The van der Waals surface area contributed by atoms with E-state index in [1.807, 2.05) is 0 Å². The van der Waals surface area contributed by atoms with Crippen LogP contribution in [0.25, 0.3) is 0 Å². The van der Waals surface area contributed by atoms with Crippen molar-refractivity contribution in [2.75, 3.05) is 30.0 Å². The zero-order chi connectivity index (χ0) is 24.7. The summed E-state index contributed by atoms with van der Waals surface area (Å²) in [6.45, 7) is 3.54. The molecule has 3 rings (SSSR count). The third-order valence-electron chi connectivity index (χ3n) is 5.06. The van der Waals surface area contributed by atoms with Gasteiger partial charge in [0.1, 0.15) is 5.71 Å². The van der Waals surface area contributed by atoms with Crippen LogP contribution in [0.3, 0.4) is 0 Å². The van der Waals surface area contributed by atoms with E-state index < -0.39 is 28.5 Å². The predicted octanol–water partition coefficient (Wildman–Crippen LogP) is 2.38. The first-order valence-electron chi connectivity index (χ1n) is 10.8. The number of anilines is 2. The van der Waals surface area contributed by atoms with Crippen molar-refractivity contribution in [3.8, 4) is 0 Å². The van der Waals surface area contributed by atoms with E-state index in [2.05, 4.69) is 10.4 Å². The van der Waals surface area contributed by atoms with Gasteiger partial charge in [-0.15, -0.1) is 0 Å². The van der Waals surface area contributed by atoms with Crippen molar-refractivity contribution in [1.29, 1.82) is 0 Å². The smallest absolute Gasteiger partial charge is 0.355 e. The molecule has 34 heavy (non-hydrogen) atoms. The highest BCUT2D eigenvalue weighted by molar-refractivity contribution is 7.89. The fraction of sp³-hybridized carbons (Fsp3) is 0.304. The number of nitrogens with zero attached hydrogens (tertiary/aromatic N) is 3. The number of amides is 2. The van der Waals surface area contributed by atoms with E-state index >= 15 is 0 Å². The molecule has 0 saturated carbocycles. The van der Waals surface area contributed by atoms with Crippen LogP contribution in [-0.2, 0) is 29.1 Å². The molecular weight excluding hydrogens is 460 g/mol. The zero-order valence-electron chi connectivity index (χ0n) is 18.9. The summed E-state index contributed by atoms with van der Waals surface area (Å²) in [5, 5.41) is 7.76. The average Bonchev–Trinajstić information content (AvgIpc) is 2.84. The molecule has 0 bridgehead atoms. The molecule has 2 aromatic rings. The minimum atomic E-state index is -3.68. The number of hydrazone groups is 1. The lowest BCUT2D eigenvalue weighted by Crippen LogP contribution is -2.35. The number of ether oxygens (including phenoxy) is 1. The van der Waals surface area contributed by atoms with Crippen molar-refractivity contribution >= 4 is 44.9 Å². The number of rotatable bonds is 9. The van der Waals surface area contributed by atoms with E-state index in [4.69, 9.17) is 4.74 Å². The standard InChI is InChI=1S/C23H26N4O6S/c1-3-26(4-2)34(31,32)19-12-8-9-17(15-19)24-21(28)16-33-23(30)20-13-14-22(29)27(25-20)18-10-6-5-7-11-18/h5-12,15H,3-4,13-14,16H2,1-2H3,(H,24,28). The van der Waals surface area contributed by atoms with Gasteiger partial charge in [0.15, 0.2) is 6.61 Å². The minimum absolute atomic E-state index is 0.0311. The highest BCUT2D eigenvalue weighted by Crippen LogP contribution is 2.21. The number of para-hydroxylation sites is 1. The molecule has 10 nitrogen and oxygen atoms in total. The molecule has 1 aliphatic heterocycles. The summed E-state index contributed by atoms with van der Waals surface area (Å²) < 4.78 is 31.7. The topological polar surface area (TPSA) is 125 Å². The van der Waals surface area contributed by atoms with Gasteiger partial charge in [-0.2, -0.15) is 9.41 Å². The second kappa shape index (κ2) is 11.0. The van der Waals surface area contributed by atoms with Gasteiger partial charge in [-0.1, -0.05) is 38.1 Å². The average molecular weight is 487 g/mol. The van der Waals surface area contributed by atoms with Crippen molar-refractivity contribution < 1.29 is 27.5 Å². The highest BCUT2D eigenvalue weighted by atomic mass is 32.2. The Kier molecular flexibility index (Phi) is 8.13. The molecule has 180 valence electrons. The quantitative estimate of drug-likeness (QED) is 0.543. The Hall–Kier alpha value is -3.57. The van der Waals surface area contributed by atoms with E-state index in [9.17, 15) is 22.8 Å². The third-order valence-corrected chi connectivity index (χ3v) is 7.11. The Balaban J connectivity index is 1.62. The van der Waals surface area contributed by atoms with Crippen LogP contribution in [0.15, 0.2) is 64.6 Å². The summed E-state index contributed by atoms with van der Waals surface area (Å²) in [6.07, 6.45) is 0.191. The van der Waals surface area contributed by atoms with Gasteiger partial charge >= 0.3 is 5.97 Å². The molecule has 0 radical (unpaired) electrons. The van der Waals surface area contributed by atoms with Crippen molar-refractivity contribution in [3.05, 3.63) is 54.6 Å². The van der Waals surface area contributed by atoms with Crippen molar-refractivity contribution in [1.82, 2.24) is 4.31 Å². The first-order valence-corrected chi connectivity index (χ1v) is 12.2. The first-order chi connectivity index (χ1) is 16.3. The van der Waals surface area contributed by atoms with Crippen molar-refractivity contribution in [3.63, 3.8) is 0 Å². The maximum Gasteiger partial charge on any atom is 0.355 e. The fourth-order valence-electron chi connectivity index (χ4n) is 3.33. The fourth-order valence-corrected chi connectivity index (χ4v) is 4.83. The molecule has 2 aromatic carbocycles. The van der Waals surface area contributed by atoms with E-state index in [-0.39, 0.29) is 35.0 Å². The van der Waals surface area contributed by atoms with Gasteiger partial charge in [0.2, 0.25) is 15.9 Å². The maximum atomic E-state index is 12.7. The van der Waals surface area contributed by atoms with Gasteiger partial charge in [-0.25, -0.2) is 18.2 Å². The predicted molar refractivity (Wildman–Crippen MR) is 127 cm³/mol. The van der Waals surface area contributed by atoms with Gasteiger partial charge in [0.25, 0.3) is 5.91 Å². The van der Waals surface area contributed by atoms with Gasteiger partial charge in [0.05, 0.1) is 10.6 Å². The number of carbonyl (C=O) groups excluding carboxylic acids is 3. The summed E-state index contributed by atoms with van der Waals surface area (Å²) in [7, 11) is -3.68. The summed E-state index contributed by atoms with van der Waals surface area (Å²) in [5.74, 6) is -1.69. The molecule has 0 aromatic heterocycles. The molecule has 0 fully saturated rings. The number of hydrogen-bond acceptors (Lipinski definition) is 7. The van der Waals surface area contributed by atoms with Gasteiger partial charge in [-0.3, -0.25) is 9.59 Å². The zero-order valence-corrected chi connectivity index (χ0v) is 19.7. The van der Waals surface area contributed by atoms with Gasteiger partial charge in [-0.05, 0) is 30.3 Å². The number of hydrogen-bond donors (Lipinski definition) is 1. The maximum absolute atomic E-state index is 12.7. The highest BCUT2D eigenvalue weighted by Gasteiger charge is 2.27. The summed E-state index contributed by atoms with van der Waals surface area (Å²) in [5.41, 5.74) is 0.809. The summed E-state index contributed by atoms with van der Waals surface area (Å²) in [4.78, 5) is 36.9. The lowest BCUT2D eigenvalue weighted by atomic mass is 10.1. The Morgan fingerprint density at radius 1 is 1.06 bits per heavy atom. The molecule has 2 amide bonds. The molecule has 0 unspecified atom stereocenters. The molecule has 0 saturated heterocycles. The number of nitrogens with one attached hydrogen (secondary N) is 1. The SMILES string of the molecule is CCN(CC)S(=O)(=O)c1cccc(NC(=O)COC(=O)C2=NN(c3ccccc3)C(=O)CC2)c1. The number of esters is 1. The molecule has 0 atom stereocenters. The normalized spacial score (nSPS) is 14.0. The summed E-state index contributed by atoms with van der Waals surface area (Å²) in [6, 6.07) is 14.5. The molecular formula is C23H26N4O6S. The van der Waals surface area contributed by atoms with Crippen LogP contribution in [0.5, 0.6) is 0 Å². The minimum Gasteiger partial charge on any atom is -0.451 e. The largest absolute Gasteiger partial charge is 0.451 e. The molecule has 0 aliphatic carbocycles. The van der Waals surface area contributed by atoms with Gasteiger partial charge in [0, 0.05) is 31.6 Å². The van der Waals surface area contributed by atoms with Crippen LogP contribution in [-0.4, -0.2) is 55.9 Å². The molecule has 0 spiro atoms. The first kappa shape index (κ1) is 25.1. The second-order valence-electron chi connectivity index (χ2n) is 7.33. The number of benzene rings is 2. The van der Waals surface area contributed by atoms with Crippen LogP contribution >= 0.6 is 0 Å². The summed E-state index contributed by atoms with van der Waals surface area (Å²) >= 11 is 0. The van der Waals surface area contributed by atoms with Crippen LogP contribution < -0.4 is 10.3 Å².